The maximum absolute atomic E-state index is 13.1. The van der Waals surface area contributed by atoms with Crippen molar-refractivity contribution in [1.82, 2.24) is 19.7 Å². The highest BCUT2D eigenvalue weighted by molar-refractivity contribution is 5.82. The van der Waals surface area contributed by atoms with Crippen molar-refractivity contribution < 1.29 is 18.0 Å². The van der Waals surface area contributed by atoms with Crippen LogP contribution in [0, 0.1) is 5.92 Å². The summed E-state index contributed by atoms with van der Waals surface area (Å²) < 4.78 is 40.9. The summed E-state index contributed by atoms with van der Waals surface area (Å²) in [6.45, 7) is 6.78. The van der Waals surface area contributed by atoms with Crippen molar-refractivity contribution in [3.05, 3.63) is 35.7 Å². The fourth-order valence-electron chi connectivity index (χ4n) is 3.28. The second-order valence-electron chi connectivity index (χ2n) is 6.89. The first-order valence-corrected chi connectivity index (χ1v) is 8.62. The number of halogens is 3. The third kappa shape index (κ3) is 3.32. The number of carbonyl (C=O) groups excluding carboxylic acids is 1. The molecule has 0 unspecified atom stereocenters. The first kappa shape index (κ1) is 18.4. The summed E-state index contributed by atoms with van der Waals surface area (Å²) >= 11 is 0. The Labute approximate surface area is 149 Å². The van der Waals surface area contributed by atoms with Crippen LogP contribution in [0.1, 0.15) is 44.6 Å². The van der Waals surface area contributed by atoms with E-state index in [4.69, 9.17) is 0 Å². The number of hydrogen-bond acceptors (Lipinski definition) is 3. The van der Waals surface area contributed by atoms with E-state index in [9.17, 15) is 18.0 Å². The SMILES string of the molecule is CCN1Cc2nnc(-c3cccc(C(F)(F)F)c3)n2[C@@H](CC(C)C)C1=O. The first-order valence-electron chi connectivity index (χ1n) is 8.62. The van der Waals surface area contributed by atoms with Crippen molar-refractivity contribution >= 4 is 5.91 Å². The molecule has 0 bridgehead atoms. The quantitative estimate of drug-likeness (QED) is 0.824. The highest BCUT2D eigenvalue weighted by Gasteiger charge is 2.36. The Hall–Kier alpha value is -2.38. The van der Waals surface area contributed by atoms with Crippen molar-refractivity contribution in [2.75, 3.05) is 6.54 Å². The van der Waals surface area contributed by atoms with E-state index < -0.39 is 17.8 Å². The first-order chi connectivity index (χ1) is 12.2. The van der Waals surface area contributed by atoms with Gasteiger partial charge in [0.15, 0.2) is 11.6 Å². The molecule has 0 spiro atoms. The Morgan fingerprint density at radius 3 is 2.62 bits per heavy atom. The normalized spacial score (nSPS) is 17.7. The Bertz CT molecular complexity index is 813. The van der Waals surface area contributed by atoms with Gasteiger partial charge in [-0.05, 0) is 31.4 Å². The number of hydrogen-bond donors (Lipinski definition) is 0. The minimum atomic E-state index is -4.44. The lowest BCUT2D eigenvalue weighted by Gasteiger charge is -2.34. The van der Waals surface area contributed by atoms with E-state index in [2.05, 4.69) is 10.2 Å². The largest absolute Gasteiger partial charge is 0.416 e. The van der Waals surface area contributed by atoms with Gasteiger partial charge < -0.3 is 4.90 Å². The highest BCUT2D eigenvalue weighted by atomic mass is 19.4. The second kappa shape index (κ2) is 6.74. The molecule has 0 saturated carbocycles. The molecule has 0 aliphatic carbocycles. The maximum Gasteiger partial charge on any atom is 0.416 e. The number of nitrogens with zero attached hydrogens (tertiary/aromatic N) is 4. The molecule has 1 amide bonds. The monoisotopic (exact) mass is 366 g/mol. The zero-order valence-electron chi connectivity index (χ0n) is 14.9. The summed E-state index contributed by atoms with van der Waals surface area (Å²) in [6, 6.07) is 4.49. The molecule has 0 radical (unpaired) electrons. The van der Waals surface area contributed by atoms with E-state index in [1.165, 1.54) is 6.07 Å². The molecule has 2 aromatic rings. The molecule has 1 aliphatic heterocycles. The molecule has 1 aromatic carbocycles. The third-order valence-corrected chi connectivity index (χ3v) is 4.53. The fraction of sp³-hybridized carbons (Fsp3) is 0.500. The van der Waals surface area contributed by atoms with Gasteiger partial charge in [0.2, 0.25) is 5.91 Å². The number of carbonyl (C=O) groups is 1. The molecule has 1 aromatic heterocycles. The van der Waals surface area contributed by atoms with E-state index >= 15 is 0 Å². The molecule has 1 atom stereocenters. The maximum atomic E-state index is 13.1. The van der Waals surface area contributed by atoms with Crippen molar-refractivity contribution in [2.24, 2.45) is 5.92 Å². The van der Waals surface area contributed by atoms with Gasteiger partial charge in [-0.2, -0.15) is 13.2 Å². The summed E-state index contributed by atoms with van der Waals surface area (Å²) in [5.74, 6) is 1.11. The van der Waals surface area contributed by atoms with Crippen molar-refractivity contribution in [1.29, 1.82) is 0 Å². The van der Waals surface area contributed by atoms with E-state index in [1.807, 2.05) is 20.8 Å². The summed E-state index contributed by atoms with van der Waals surface area (Å²) in [6.07, 6.45) is -3.86. The smallest absolute Gasteiger partial charge is 0.334 e. The number of alkyl halides is 3. The van der Waals surface area contributed by atoms with Crippen LogP contribution < -0.4 is 0 Å². The van der Waals surface area contributed by atoms with Crippen molar-refractivity contribution in [3.8, 4) is 11.4 Å². The molecule has 140 valence electrons. The van der Waals surface area contributed by atoms with Crippen LogP contribution in [0.25, 0.3) is 11.4 Å². The molecule has 1 aliphatic rings. The fourth-order valence-corrected chi connectivity index (χ4v) is 3.28. The number of likely N-dealkylation sites (N-methyl/N-ethyl adjacent to an activating group) is 1. The molecule has 8 heteroatoms. The molecule has 2 heterocycles. The minimum Gasteiger partial charge on any atom is -0.334 e. The molecule has 0 N–H and O–H groups in total. The minimum absolute atomic E-state index is 0.0401. The van der Waals surface area contributed by atoms with Gasteiger partial charge in [-0.25, -0.2) is 0 Å². The lowest BCUT2D eigenvalue weighted by molar-refractivity contribution is -0.138. The van der Waals surface area contributed by atoms with Crippen LogP contribution in [0.2, 0.25) is 0 Å². The van der Waals surface area contributed by atoms with E-state index in [-0.39, 0.29) is 11.8 Å². The lowest BCUT2D eigenvalue weighted by atomic mass is 10.00. The zero-order valence-corrected chi connectivity index (χ0v) is 14.9. The van der Waals surface area contributed by atoms with Crippen LogP contribution in [0.3, 0.4) is 0 Å². The molecule has 3 rings (SSSR count). The van der Waals surface area contributed by atoms with Crippen LogP contribution in [-0.4, -0.2) is 32.1 Å². The zero-order chi connectivity index (χ0) is 19.1. The molecule has 0 saturated heterocycles. The van der Waals surface area contributed by atoms with Gasteiger partial charge in [0.05, 0.1) is 12.1 Å². The van der Waals surface area contributed by atoms with Gasteiger partial charge in [0.25, 0.3) is 0 Å². The second-order valence-corrected chi connectivity index (χ2v) is 6.89. The highest BCUT2D eigenvalue weighted by Crippen LogP contribution is 2.35. The van der Waals surface area contributed by atoms with Gasteiger partial charge in [0.1, 0.15) is 6.04 Å². The molecule has 26 heavy (non-hydrogen) atoms. The van der Waals surface area contributed by atoms with Crippen LogP contribution in [0.5, 0.6) is 0 Å². The predicted molar refractivity (Wildman–Crippen MR) is 90.0 cm³/mol. The predicted octanol–water partition coefficient (Wildman–Crippen LogP) is 3.91. The van der Waals surface area contributed by atoms with Gasteiger partial charge in [-0.3, -0.25) is 9.36 Å². The number of benzene rings is 1. The Morgan fingerprint density at radius 2 is 2.00 bits per heavy atom. The Balaban J connectivity index is 2.10. The van der Waals surface area contributed by atoms with Crippen molar-refractivity contribution in [3.63, 3.8) is 0 Å². The summed E-state index contributed by atoms with van der Waals surface area (Å²) in [5.41, 5.74) is -0.435. The topological polar surface area (TPSA) is 51.0 Å². The molecular formula is C18H21F3N4O. The van der Waals surface area contributed by atoms with E-state index in [0.717, 1.165) is 12.1 Å². The number of aromatic nitrogens is 3. The average molecular weight is 366 g/mol. The standard InChI is InChI=1S/C18H21F3N4O/c1-4-24-10-15-22-23-16(25(15)14(17(24)26)8-11(2)3)12-6-5-7-13(9-12)18(19,20)21/h5-7,9,11,14H,4,8,10H2,1-3H3/t14-/m0/s1. The van der Waals surface area contributed by atoms with Gasteiger partial charge in [-0.15, -0.1) is 10.2 Å². The van der Waals surface area contributed by atoms with Gasteiger partial charge in [-0.1, -0.05) is 26.0 Å². The lowest BCUT2D eigenvalue weighted by Crippen LogP contribution is -2.43. The average Bonchev–Trinajstić information content (AvgIpc) is 3.00. The van der Waals surface area contributed by atoms with Gasteiger partial charge >= 0.3 is 6.18 Å². The number of fused-ring (bicyclic) bond motifs is 1. The van der Waals surface area contributed by atoms with Crippen molar-refractivity contribution in [2.45, 2.75) is 46.0 Å². The van der Waals surface area contributed by atoms with Crippen LogP contribution >= 0.6 is 0 Å². The summed E-state index contributed by atoms with van der Waals surface area (Å²) in [4.78, 5) is 14.5. The summed E-state index contributed by atoms with van der Waals surface area (Å²) in [5, 5.41) is 8.27. The molecule has 5 nitrogen and oxygen atoms in total. The number of amides is 1. The Kier molecular flexibility index (Phi) is 4.77. The van der Waals surface area contributed by atoms with E-state index in [0.29, 0.717) is 36.7 Å². The molecule has 0 fully saturated rings. The Morgan fingerprint density at radius 1 is 1.27 bits per heavy atom. The van der Waals surface area contributed by atoms with E-state index in [1.54, 1.807) is 15.5 Å². The van der Waals surface area contributed by atoms with Crippen LogP contribution in [-0.2, 0) is 17.5 Å². The number of rotatable bonds is 4. The summed E-state index contributed by atoms with van der Waals surface area (Å²) in [7, 11) is 0. The molecular weight excluding hydrogens is 345 g/mol. The van der Waals surface area contributed by atoms with Crippen LogP contribution in [0.15, 0.2) is 24.3 Å². The van der Waals surface area contributed by atoms with Crippen LogP contribution in [0.4, 0.5) is 13.2 Å². The van der Waals surface area contributed by atoms with Gasteiger partial charge in [0, 0.05) is 12.1 Å². The third-order valence-electron chi connectivity index (χ3n) is 4.53.